The van der Waals surface area contributed by atoms with Crippen molar-refractivity contribution in [2.45, 2.75) is 39.3 Å². The average Bonchev–Trinajstić information content (AvgIpc) is 2.35. The van der Waals surface area contributed by atoms with Crippen LogP contribution in [0.3, 0.4) is 0 Å². The molecule has 19 heavy (non-hydrogen) atoms. The second kappa shape index (κ2) is 7.16. The molecule has 1 aromatic heterocycles. The van der Waals surface area contributed by atoms with E-state index in [1.165, 1.54) is 0 Å². The van der Waals surface area contributed by atoms with Gasteiger partial charge in [0.2, 0.25) is 5.95 Å². The fourth-order valence-electron chi connectivity index (χ4n) is 1.39. The Morgan fingerprint density at radius 2 is 1.79 bits per heavy atom. The fourth-order valence-corrected chi connectivity index (χ4v) is 1.39. The number of alkyl halides is 3. The Balaban J connectivity index is 2.89. The third-order valence-corrected chi connectivity index (χ3v) is 2.39. The highest BCUT2D eigenvalue weighted by atomic mass is 19.4. The second-order valence-electron chi connectivity index (χ2n) is 4.17. The topological polar surface area (TPSA) is 49.8 Å². The Labute approximate surface area is 110 Å². The van der Waals surface area contributed by atoms with Gasteiger partial charge in [0.15, 0.2) is 5.69 Å². The maximum absolute atomic E-state index is 12.7. The molecule has 0 bridgehead atoms. The highest BCUT2D eigenvalue weighted by molar-refractivity contribution is 5.43. The molecule has 0 unspecified atom stereocenters. The number of hydrogen-bond acceptors (Lipinski definition) is 4. The molecule has 0 aliphatic heterocycles. The summed E-state index contributed by atoms with van der Waals surface area (Å²) >= 11 is 0. The predicted octanol–water partition coefficient (Wildman–Crippen LogP) is 3.53. The minimum atomic E-state index is -4.47. The van der Waals surface area contributed by atoms with E-state index in [9.17, 15) is 13.2 Å². The van der Waals surface area contributed by atoms with E-state index in [0.29, 0.717) is 13.1 Å². The van der Waals surface area contributed by atoms with Crippen LogP contribution >= 0.6 is 0 Å². The van der Waals surface area contributed by atoms with Gasteiger partial charge in [-0.25, -0.2) is 4.98 Å². The minimum absolute atomic E-state index is 0.00988. The molecule has 0 radical (unpaired) electrons. The van der Waals surface area contributed by atoms with Crippen molar-refractivity contribution >= 4 is 11.8 Å². The molecule has 1 rings (SSSR count). The first-order valence-electron chi connectivity index (χ1n) is 6.41. The molecule has 1 aromatic rings. The predicted molar refractivity (Wildman–Crippen MR) is 69.2 cm³/mol. The van der Waals surface area contributed by atoms with Crippen molar-refractivity contribution in [1.29, 1.82) is 0 Å². The number of anilines is 2. The van der Waals surface area contributed by atoms with Crippen molar-refractivity contribution < 1.29 is 13.2 Å². The molecule has 0 saturated heterocycles. The highest BCUT2D eigenvalue weighted by Gasteiger charge is 2.33. The number of nitrogens with one attached hydrogen (secondary N) is 2. The molecule has 1 heterocycles. The van der Waals surface area contributed by atoms with Crippen LogP contribution in [0.15, 0.2) is 6.07 Å². The molecule has 2 N–H and O–H groups in total. The Morgan fingerprint density at radius 3 is 2.37 bits per heavy atom. The lowest BCUT2D eigenvalue weighted by Crippen LogP contribution is -2.14. The van der Waals surface area contributed by atoms with E-state index in [4.69, 9.17) is 0 Å². The van der Waals surface area contributed by atoms with Gasteiger partial charge in [0.1, 0.15) is 5.82 Å². The Kier molecular flexibility index (Phi) is 5.85. The summed E-state index contributed by atoms with van der Waals surface area (Å²) in [5, 5.41) is 5.66. The zero-order valence-corrected chi connectivity index (χ0v) is 11.1. The first-order valence-corrected chi connectivity index (χ1v) is 6.41. The number of rotatable bonds is 7. The molecule has 4 nitrogen and oxygen atoms in total. The zero-order chi connectivity index (χ0) is 14.3. The normalized spacial score (nSPS) is 11.4. The fraction of sp³-hybridized carbons (Fsp3) is 0.667. The van der Waals surface area contributed by atoms with Crippen LogP contribution in [-0.4, -0.2) is 23.1 Å². The van der Waals surface area contributed by atoms with E-state index in [2.05, 4.69) is 20.6 Å². The lowest BCUT2D eigenvalue weighted by Gasteiger charge is -2.12. The molecule has 0 amide bonds. The maximum atomic E-state index is 12.7. The Morgan fingerprint density at radius 1 is 1.05 bits per heavy atom. The summed E-state index contributed by atoms with van der Waals surface area (Å²) in [7, 11) is 0. The molecule has 7 heteroatoms. The van der Waals surface area contributed by atoms with Crippen molar-refractivity contribution in [1.82, 2.24) is 9.97 Å². The van der Waals surface area contributed by atoms with Crippen molar-refractivity contribution in [3.05, 3.63) is 11.8 Å². The molecule has 108 valence electrons. The van der Waals surface area contributed by atoms with Gasteiger partial charge in [0, 0.05) is 19.2 Å². The number of hydrogen-bond donors (Lipinski definition) is 2. The van der Waals surface area contributed by atoms with E-state index < -0.39 is 11.9 Å². The Bertz CT molecular complexity index is 393. The third kappa shape index (κ3) is 5.32. The molecule has 0 aliphatic carbocycles. The average molecular weight is 276 g/mol. The summed E-state index contributed by atoms with van der Waals surface area (Å²) in [6, 6.07) is 0.937. The van der Waals surface area contributed by atoms with E-state index in [0.717, 1.165) is 25.3 Å². The van der Waals surface area contributed by atoms with Crippen LogP contribution in [0.4, 0.5) is 24.9 Å². The lowest BCUT2D eigenvalue weighted by atomic mass is 10.3. The van der Waals surface area contributed by atoms with E-state index in [-0.39, 0.29) is 11.8 Å². The number of nitrogens with zero attached hydrogens (tertiary/aromatic N) is 2. The quantitative estimate of drug-likeness (QED) is 0.748. The third-order valence-electron chi connectivity index (χ3n) is 2.39. The van der Waals surface area contributed by atoms with Gasteiger partial charge in [-0.05, 0) is 12.8 Å². The van der Waals surface area contributed by atoms with Gasteiger partial charge in [-0.2, -0.15) is 18.2 Å². The van der Waals surface area contributed by atoms with Gasteiger partial charge in [0.25, 0.3) is 0 Å². The molecule has 0 saturated carbocycles. The van der Waals surface area contributed by atoms with E-state index >= 15 is 0 Å². The number of aromatic nitrogens is 2. The van der Waals surface area contributed by atoms with Gasteiger partial charge in [-0.3, -0.25) is 0 Å². The summed E-state index contributed by atoms with van der Waals surface area (Å²) < 4.78 is 38.1. The maximum Gasteiger partial charge on any atom is 0.433 e. The summed E-state index contributed by atoms with van der Waals surface area (Å²) in [4.78, 5) is 7.51. The van der Waals surface area contributed by atoms with Crippen LogP contribution in [-0.2, 0) is 6.18 Å². The summed E-state index contributed by atoms with van der Waals surface area (Å²) in [6.45, 7) is 5.06. The molecule has 0 aliphatic rings. The standard InChI is InChI=1S/C12H19F3N4/c1-3-5-7-16-10-8-9(12(13,14)15)18-11(19-10)17-6-4-2/h8H,3-7H2,1-2H3,(H2,16,17,18,19). The van der Waals surface area contributed by atoms with Crippen LogP contribution in [0, 0.1) is 0 Å². The van der Waals surface area contributed by atoms with Gasteiger partial charge >= 0.3 is 6.18 Å². The van der Waals surface area contributed by atoms with Crippen LogP contribution in [0.25, 0.3) is 0 Å². The zero-order valence-electron chi connectivity index (χ0n) is 11.1. The van der Waals surface area contributed by atoms with E-state index in [1.54, 1.807) is 0 Å². The van der Waals surface area contributed by atoms with Gasteiger partial charge < -0.3 is 10.6 Å². The van der Waals surface area contributed by atoms with Crippen molar-refractivity contribution in [2.24, 2.45) is 0 Å². The molecule has 0 aromatic carbocycles. The lowest BCUT2D eigenvalue weighted by molar-refractivity contribution is -0.141. The van der Waals surface area contributed by atoms with Gasteiger partial charge in [-0.15, -0.1) is 0 Å². The van der Waals surface area contributed by atoms with Crippen molar-refractivity contribution in [2.75, 3.05) is 23.7 Å². The minimum Gasteiger partial charge on any atom is -0.370 e. The van der Waals surface area contributed by atoms with Crippen LogP contribution < -0.4 is 10.6 Å². The molecule has 0 spiro atoms. The molecule has 0 fully saturated rings. The number of halogens is 3. The molecular formula is C12H19F3N4. The summed E-state index contributed by atoms with van der Waals surface area (Å²) in [5.41, 5.74) is -0.930. The smallest absolute Gasteiger partial charge is 0.370 e. The first kappa shape index (κ1) is 15.5. The van der Waals surface area contributed by atoms with Crippen molar-refractivity contribution in [3.63, 3.8) is 0 Å². The Hall–Kier alpha value is -1.53. The summed E-state index contributed by atoms with van der Waals surface area (Å²) in [6.07, 6.45) is -1.83. The molecule has 0 atom stereocenters. The number of unbranched alkanes of at least 4 members (excludes halogenated alkanes) is 1. The first-order chi connectivity index (χ1) is 8.97. The van der Waals surface area contributed by atoms with Gasteiger partial charge in [-0.1, -0.05) is 20.3 Å². The highest BCUT2D eigenvalue weighted by Crippen LogP contribution is 2.29. The van der Waals surface area contributed by atoms with Crippen LogP contribution in [0.1, 0.15) is 38.8 Å². The van der Waals surface area contributed by atoms with Crippen LogP contribution in [0.5, 0.6) is 0 Å². The SMILES string of the molecule is CCCCNc1cc(C(F)(F)F)nc(NCCC)n1. The van der Waals surface area contributed by atoms with Crippen LogP contribution in [0.2, 0.25) is 0 Å². The summed E-state index contributed by atoms with van der Waals surface area (Å²) in [5.74, 6) is 0.213. The molecular weight excluding hydrogens is 257 g/mol. The second-order valence-corrected chi connectivity index (χ2v) is 4.17. The van der Waals surface area contributed by atoms with E-state index in [1.807, 2.05) is 13.8 Å². The monoisotopic (exact) mass is 276 g/mol. The van der Waals surface area contributed by atoms with Gasteiger partial charge in [0.05, 0.1) is 0 Å². The van der Waals surface area contributed by atoms with Crippen molar-refractivity contribution in [3.8, 4) is 0 Å². The largest absolute Gasteiger partial charge is 0.433 e.